The van der Waals surface area contributed by atoms with Crippen molar-refractivity contribution in [2.45, 2.75) is 18.0 Å². The van der Waals surface area contributed by atoms with Gasteiger partial charge in [-0.2, -0.15) is 18.3 Å². The number of ether oxygens (including phenoxy) is 1. The predicted molar refractivity (Wildman–Crippen MR) is 117 cm³/mol. The number of ketones is 1. The second-order valence-electron chi connectivity index (χ2n) is 7.36. The summed E-state index contributed by atoms with van der Waals surface area (Å²) in [6.45, 7) is 1.43. The molecular weight excluding hydrogens is 473 g/mol. The maximum absolute atomic E-state index is 13.3. The van der Waals surface area contributed by atoms with Crippen molar-refractivity contribution in [1.29, 1.82) is 0 Å². The Labute approximate surface area is 193 Å². The van der Waals surface area contributed by atoms with Crippen LogP contribution < -0.4 is 4.74 Å². The van der Waals surface area contributed by atoms with Crippen LogP contribution in [0.5, 0.6) is 5.88 Å². The van der Waals surface area contributed by atoms with Crippen molar-refractivity contribution in [3.8, 4) is 5.88 Å². The van der Waals surface area contributed by atoms with E-state index in [1.807, 2.05) is 0 Å². The molecule has 0 unspecified atom stereocenters. The van der Waals surface area contributed by atoms with Gasteiger partial charge >= 0.3 is 12.1 Å². The van der Waals surface area contributed by atoms with Gasteiger partial charge in [-0.15, -0.1) is 0 Å². The lowest BCUT2D eigenvalue weighted by atomic mass is 10.0. The number of halogens is 3. The van der Waals surface area contributed by atoms with Gasteiger partial charge in [-0.3, -0.25) is 4.79 Å². The largest absolute Gasteiger partial charge is 0.416 e. The van der Waals surface area contributed by atoms with Crippen LogP contribution in [0.2, 0.25) is 0 Å². The lowest BCUT2D eigenvalue weighted by Gasteiger charge is -2.12. The summed E-state index contributed by atoms with van der Waals surface area (Å²) in [6, 6.07) is 10.7. The molecule has 0 saturated carbocycles. The Morgan fingerprint density at radius 3 is 2.32 bits per heavy atom. The molecule has 2 aromatic carbocycles. The van der Waals surface area contributed by atoms with Crippen molar-refractivity contribution in [2.24, 2.45) is 7.05 Å². The van der Waals surface area contributed by atoms with Crippen LogP contribution in [0.15, 0.2) is 59.5 Å². The van der Waals surface area contributed by atoms with Gasteiger partial charge in [0.05, 0.1) is 16.2 Å². The molecule has 0 fully saturated rings. The van der Waals surface area contributed by atoms with E-state index in [0.29, 0.717) is 18.4 Å². The van der Waals surface area contributed by atoms with Crippen LogP contribution in [0.4, 0.5) is 13.2 Å². The minimum atomic E-state index is -4.81. The number of aryl methyl sites for hydroxylation is 2. The standard InChI is InChI=1S/C23H19F3N2O5S/c1-14-20(21(30)17-11-10-16(23(24,25)26)13-18(17)34(3,31)32)22(28(2)27-14)33-19(29)12-9-15-7-5-4-6-8-15/h4-13H,1-3H3/b12-9+. The number of sulfone groups is 1. The SMILES string of the molecule is Cc1nn(C)c(OC(=O)/C=C/c2ccccc2)c1C(=O)c1ccc(C(F)(F)F)cc1S(C)(=O)=O. The first-order chi connectivity index (χ1) is 15.8. The van der Waals surface area contributed by atoms with E-state index in [1.165, 1.54) is 20.0 Å². The molecule has 0 saturated heterocycles. The van der Waals surface area contributed by atoms with Crippen molar-refractivity contribution < 1.29 is 35.9 Å². The van der Waals surface area contributed by atoms with Gasteiger partial charge in [0.15, 0.2) is 9.84 Å². The molecule has 0 radical (unpaired) electrons. The molecule has 0 spiro atoms. The fraction of sp³-hybridized carbons (Fsp3) is 0.174. The maximum Gasteiger partial charge on any atom is 0.416 e. The number of benzene rings is 2. The van der Waals surface area contributed by atoms with Gasteiger partial charge in [0, 0.05) is 24.9 Å². The highest BCUT2D eigenvalue weighted by molar-refractivity contribution is 7.90. The summed E-state index contributed by atoms with van der Waals surface area (Å²) in [5, 5.41) is 4.04. The zero-order valence-electron chi connectivity index (χ0n) is 18.3. The predicted octanol–water partition coefficient (Wildman–Crippen LogP) is 4.00. The highest BCUT2D eigenvalue weighted by Gasteiger charge is 2.34. The molecule has 1 aromatic heterocycles. The van der Waals surface area contributed by atoms with Crippen molar-refractivity contribution in [1.82, 2.24) is 9.78 Å². The summed E-state index contributed by atoms with van der Waals surface area (Å²) in [7, 11) is -2.82. The van der Waals surface area contributed by atoms with Crippen molar-refractivity contribution >= 4 is 27.7 Å². The number of hydrogen-bond acceptors (Lipinski definition) is 6. The number of rotatable bonds is 6. The molecule has 7 nitrogen and oxygen atoms in total. The van der Waals surface area contributed by atoms with E-state index in [4.69, 9.17) is 4.74 Å². The Hall–Kier alpha value is -3.73. The number of hydrogen-bond donors (Lipinski definition) is 0. The molecule has 0 bridgehead atoms. The summed E-state index contributed by atoms with van der Waals surface area (Å²) in [5.41, 5.74) is -1.14. The van der Waals surface area contributed by atoms with Gasteiger partial charge in [-0.25, -0.2) is 17.9 Å². The lowest BCUT2D eigenvalue weighted by molar-refractivity contribution is -0.137. The van der Waals surface area contributed by atoms with E-state index in [0.717, 1.165) is 22.4 Å². The number of esters is 1. The zero-order valence-corrected chi connectivity index (χ0v) is 19.1. The molecule has 178 valence electrons. The summed E-state index contributed by atoms with van der Waals surface area (Å²) in [4.78, 5) is 24.8. The van der Waals surface area contributed by atoms with Gasteiger partial charge in [0.25, 0.3) is 0 Å². The fourth-order valence-corrected chi connectivity index (χ4v) is 4.10. The molecule has 0 aliphatic carbocycles. The van der Waals surface area contributed by atoms with E-state index in [-0.39, 0.29) is 17.1 Å². The molecule has 11 heteroatoms. The molecular formula is C23H19F3N2O5S. The average molecular weight is 492 g/mol. The lowest BCUT2D eigenvalue weighted by Crippen LogP contribution is -2.15. The van der Waals surface area contributed by atoms with Crippen molar-refractivity contribution in [3.63, 3.8) is 0 Å². The van der Waals surface area contributed by atoms with Gasteiger partial charge in [-0.05, 0) is 36.8 Å². The number of carbonyl (C=O) groups is 2. The van der Waals surface area contributed by atoms with E-state index in [1.54, 1.807) is 30.3 Å². The normalized spacial score (nSPS) is 12.2. The first-order valence-corrected chi connectivity index (χ1v) is 11.6. The molecule has 0 aliphatic heterocycles. The third-order valence-electron chi connectivity index (χ3n) is 4.76. The fourth-order valence-electron chi connectivity index (χ4n) is 3.20. The van der Waals surface area contributed by atoms with Gasteiger partial charge < -0.3 is 4.74 Å². The van der Waals surface area contributed by atoms with Crippen LogP contribution in [-0.2, 0) is 27.9 Å². The topological polar surface area (TPSA) is 95.3 Å². The van der Waals surface area contributed by atoms with Crippen molar-refractivity contribution in [3.05, 3.63) is 82.6 Å². The third-order valence-corrected chi connectivity index (χ3v) is 5.90. The number of alkyl halides is 3. The Morgan fingerprint density at radius 2 is 1.74 bits per heavy atom. The summed E-state index contributed by atoms with van der Waals surface area (Å²) >= 11 is 0. The molecule has 3 aromatic rings. The minimum absolute atomic E-state index is 0.0988. The Morgan fingerprint density at radius 1 is 1.09 bits per heavy atom. The zero-order chi connectivity index (χ0) is 25.3. The third kappa shape index (κ3) is 5.42. The van der Waals surface area contributed by atoms with E-state index in [9.17, 15) is 31.2 Å². The number of carbonyl (C=O) groups excluding carboxylic acids is 2. The van der Waals surface area contributed by atoms with Crippen LogP contribution in [0, 0.1) is 6.92 Å². The average Bonchev–Trinajstić information content (AvgIpc) is 3.03. The van der Waals surface area contributed by atoms with Crippen LogP contribution in [0.25, 0.3) is 6.08 Å². The second kappa shape index (κ2) is 9.26. The smallest absolute Gasteiger partial charge is 0.404 e. The first kappa shape index (κ1) is 24.9. The highest BCUT2D eigenvalue weighted by Crippen LogP contribution is 2.34. The van der Waals surface area contributed by atoms with Crippen molar-refractivity contribution in [2.75, 3.05) is 6.26 Å². The Bertz CT molecular complexity index is 1390. The monoisotopic (exact) mass is 492 g/mol. The van der Waals surface area contributed by atoms with Gasteiger partial charge in [0.2, 0.25) is 11.7 Å². The van der Waals surface area contributed by atoms with Gasteiger partial charge in [-0.1, -0.05) is 30.3 Å². The van der Waals surface area contributed by atoms with Crippen LogP contribution in [0.1, 0.15) is 32.7 Å². The Balaban J connectivity index is 2.02. The van der Waals surface area contributed by atoms with Gasteiger partial charge in [0.1, 0.15) is 5.56 Å². The molecule has 0 atom stereocenters. The van der Waals surface area contributed by atoms with E-state index >= 15 is 0 Å². The molecule has 0 N–H and O–H groups in total. The number of nitrogens with zero attached hydrogens (tertiary/aromatic N) is 2. The number of aromatic nitrogens is 2. The minimum Gasteiger partial charge on any atom is -0.404 e. The second-order valence-corrected chi connectivity index (χ2v) is 9.35. The molecule has 3 rings (SSSR count). The first-order valence-electron chi connectivity index (χ1n) is 9.73. The molecule has 1 heterocycles. The van der Waals surface area contributed by atoms with E-state index < -0.39 is 43.8 Å². The van der Waals surface area contributed by atoms with Crippen LogP contribution in [-0.4, -0.2) is 36.2 Å². The summed E-state index contributed by atoms with van der Waals surface area (Å²) < 4.78 is 70.2. The van der Waals surface area contributed by atoms with E-state index in [2.05, 4.69) is 5.10 Å². The molecule has 0 aliphatic rings. The summed E-state index contributed by atoms with van der Waals surface area (Å²) in [5.74, 6) is -2.06. The summed E-state index contributed by atoms with van der Waals surface area (Å²) in [6.07, 6.45) is -1.49. The molecule has 34 heavy (non-hydrogen) atoms. The highest BCUT2D eigenvalue weighted by atomic mass is 32.2. The maximum atomic E-state index is 13.3. The molecule has 0 amide bonds. The quantitative estimate of drug-likeness (QED) is 0.293. The van der Waals surface area contributed by atoms with Crippen LogP contribution in [0.3, 0.4) is 0 Å². The van der Waals surface area contributed by atoms with Crippen LogP contribution >= 0.6 is 0 Å². The Kier molecular flexibility index (Phi) is 6.78.